The molecule has 0 bridgehead atoms. The Morgan fingerprint density at radius 3 is 2.60 bits per heavy atom. The molecule has 0 aliphatic rings. The summed E-state index contributed by atoms with van der Waals surface area (Å²) in [6.07, 6.45) is 0.969. The molecule has 1 aromatic carbocycles. The van der Waals surface area contributed by atoms with E-state index in [1.807, 2.05) is 25.2 Å². The molecule has 0 heterocycles. The molecule has 0 fully saturated rings. The Labute approximate surface area is 107 Å². The maximum atomic E-state index is 11.9. The lowest BCUT2D eigenvalue weighted by Crippen LogP contribution is -2.27. The fraction of sp³-hybridized carbons (Fsp3) is 0.364. The second-order valence-corrected chi connectivity index (χ2v) is 5.12. The van der Waals surface area contributed by atoms with Crippen LogP contribution in [-0.2, 0) is 0 Å². The van der Waals surface area contributed by atoms with Crippen molar-refractivity contribution in [3.05, 3.63) is 32.7 Å². The normalized spacial score (nSPS) is 10.1. The maximum Gasteiger partial charge on any atom is 0.254 e. The molecule has 0 aromatic heterocycles. The maximum absolute atomic E-state index is 11.9. The van der Waals surface area contributed by atoms with Crippen molar-refractivity contribution in [2.75, 3.05) is 13.6 Å². The number of rotatable bonds is 3. The summed E-state index contributed by atoms with van der Waals surface area (Å²) in [4.78, 5) is 13.7. The number of carbonyl (C=O) groups excluding carboxylic acids is 1. The Bertz CT molecular complexity index is 366. The van der Waals surface area contributed by atoms with Crippen molar-refractivity contribution in [2.24, 2.45) is 0 Å². The minimum Gasteiger partial charge on any atom is -0.342 e. The third-order valence-corrected chi connectivity index (χ3v) is 3.22. The molecule has 2 nitrogen and oxygen atoms in total. The van der Waals surface area contributed by atoms with E-state index in [-0.39, 0.29) is 5.91 Å². The molecule has 82 valence electrons. The molecular weight excluding hydrogens is 322 g/mol. The summed E-state index contributed by atoms with van der Waals surface area (Å²) in [5, 5.41) is 0. The molecule has 0 atom stereocenters. The van der Waals surface area contributed by atoms with Gasteiger partial charge in [-0.1, -0.05) is 22.9 Å². The summed E-state index contributed by atoms with van der Waals surface area (Å²) in [5.74, 6) is 0.0521. The van der Waals surface area contributed by atoms with Gasteiger partial charge in [-0.3, -0.25) is 4.79 Å². The van der Waals surface area contributed by atoms with Gasteiger partial charge in [0.1, 0.15) is 0 Å². The van der Waals surface area contributed by atoms with Crippen LogP contribution in [0.15, 0.2) is 27.1 Å². The van der Waals surface area contributed by atoms with Gasteiger partial charge in [0.05, 0.1) is 5.56 Å². The average molecular weight is 335 g/mol. The second-order valence-electron chi connectivity index (χ2n) is 3.35. The first kappa shape index (κ1) is 12.7. The fourth-order valence-corrected chi connectivity index (χ4v) is 2.52. The van der Waals surface area contributed by atoms with Crippen LogP contribution in [0, 0.1) is 0 Å². The Hall–Kier alpha value is -0.350. The second kappa shape index (κ2) is 5.66. The van der Waals surface area contributed by atoms with E-state index in [4.69, 9.17) is 0 Å². The molecule has 15 heavy (non-hydrogen) atoms. The molecule has 0 aliphatic heterocycles. The van der Waals surface area contributed by atoms with Gasteiger partial charge in [0.15, 0.2) is 0 Å². The van der Waals surface area contributed by atoms with Crippen molar-refractivity contribution in [1.82, 2.24) is 4.90 Å². The number of amides is 1. The van der Waals surface area contributed by atoms with Crippen LogP contribution < -0.4 is 0 Å². The number of hydrogen-bond donors (Lipinski definition) is 0. The van der Waals surface area contributed by atoms with Crippen LogP contribution in [0.4, 0.5) is 0 Å². The molecular formula is C11H13Br2NO. The zero-order valence-corrected chi connectivity index (χ0v) is 11.9. The van der Waals surface area contributed by atoms with Gasteiger partial charge < -0.3 is 4.90 Å². The van der Waals surface area contributed by atoms with Crippen molar-refractivity contribution < 1.29 is 4.79 Å². The van der Waals surface area contributed by atoms with Crippen LogP contribution in [0.2, 0.25) is 0 Å². The number of halogens is 2. The zero-order chi connectivity index (χ0) is 11.4. The molecule has 0 N–H and O–H groups in total. The molecule has 0 saturated heterocycles. The van der Waals surface area contributed by atoms with Crippen LogP contribution in [0.25, 0.3) is 0 Å². The average Bonchev–Trinajstić information content (AvgIpc) is 2.17. The van der Waals surface area contributed by atoms with Gasteiger partial charge in [0, 0.05) is 22.5 Å². The van der Waals surface area contributed by atoms with E-state index in [0.29, 0.717) is 5.56 Å². The summed E-state index contributed by atoms with van der Waals surface area (Å²) in [6, 6.07) is 5.58. The predicted octanol–water partition coefficient (Wildman–Crippen LogP) is 3.69. The minimum absolute atomic E-state index is 0.0521. The summed E-state index contributed by atoms with van der Waals surface area (Å²) in [7, 11) is 1.82. The minimum atomic E-state index is 0.0521. The van der Waals surface area contributed by atoms with Crippen molar-refractivity contribution in [2.45, 2.75) is 13.3 Å². The third kappa shape index (κ3) is 3.31. The van der Waals surface area contributed by atoms with Gasteiger partial charge in [-0.2, -0.15) is 0 Å². The van der Waals surface area contributed by atoms with Gasteiger partial charge in [-0.15, -0.1) is 0 Å². The summed E-state index contributed by atoms with van der Waals surface area (Å²) in [5.41, 5.74) is 0.703. The lowest BCUT2D eigenvalue weighted by molar-refractivity contribution is 0.0794. The lowest BCUT2D eigenvalue weighted by Gasteiger charge is -2.16. The van der Waals surface area contributed by atoms with E-state index in [1.54, 1.807) is 4.90 Å². The molecule has 0 saturated carbocycles. The first-order valence-electron chi connectivity index (χ1n) is 4.76. The molecule has 4 heteroatoms. The lowest BCUT2D eigenvalue weighted by atomic mass is 10.2. The molecule has 1 aromatic rings. The van der Waals surface area contributed by atoms with E-state index in [0.717, 1.165) is 21.9 Å². The van der Waals surface area contributed by atoms with Crippen LogP contribution in [0.5, 0.6) is 0 Å². The molecule has 1 amide bonds. The first-order chi connectivity index (χ1) is 7.06. The van der Waals surface area contributed by atoms with Gasteiger partial charge in [0.2, 0.25) is 0 Å². The summed E-state index contributed by atoms with van der Waals surface area (Å²) in [6.45, 7) is 2.84. The fourth-order valence-electron chi connectivity index (χ4n) is 1.31. The van der Waals surface area contributed by atoms with Gasteiger partial charge in [-0.25, -0.2) is 0 Å². The van der Waals surface area contributed by atoms with Crippen LogP contribution >= 0.6 is 31.9 Å². The highest BCUT2D eigenvalue weighted by Gasteiger charge is 2.13. The Balaban J connectivity index is 2.91. The van der Waals surface area contributed by atoms with Crippen molar-refractivity contribution in [3.63, 3.8) is 0 Å². The standard InChI is InChI=1S/C11H13Br2NO/c1-3-6-14(2)11(15)9-5-4-8(12)7-10(9)13/h4-5,7H,3,6H2,1-2H3. The highest BCUT2D eigenvalue weighted by atomic mass is 79.9. The molecule has 0 unspecified atom stereocenters. The highest BCUT2D eigenvalue weighted by Crippen LogP contribution is 2.22. The topological polar surface area (TPSA) is 20.3 Å². The number of nitrogens with zero attached hydrogens (tertiary/aromatic N) is 1. The van der Waals surface area contributed by atoms with Gasteiger partial charge in [-0.05, 0) is 40.5 Å². The van der Waals surface area contributed by atoms with Crippen LogP contribution in [0.3, 0.4) is 0 Å². The van der Waals surface area contributed by atoms with Crippen molar-refractivity contribution in [3.8, 4) is 0 Å². The van der Waals surface area contributed by atoms with Crippen molar-refractivity contribution in [1.29, 1.82) is 0 Å². The van der Waals surface area contributed by atoms with Crippen molar-refractivity contribution >= 4 is 37.8 Å². The number of carbonyl (C=O) groups is 1. The third-order valence-electron chi connectivity index (χ3n) is 2.07. The zero-order valence-electron chi connectivity index (χ0n) is 8.76. The largest absolute Gasteiger partial charge is 0.342 e. The van der Waals surface area contributed by atoms with E-state index in [9.17, 15) is 4.79 Å². The van der Waals surface area contributed by atoms with Gasteiger partial charge in [0.25, 0.3) is 5.91 Å². The Morgan fingerprint density at radius 1 is 1.40 bits per heavy atom. The van der Waals surface area contributed by atoms with E-state index in [1.165, 1.54) is 0 Å². The van der Waals surface area contributed by atoms with E-state index in [2.05, 4.69) is 38.8 Å². The molecule has 0 radical (unpaired) electrons. The molecule has 0 spiro atoms. The van der Waals surface area contributed by atoms with Gasteiger partial charge >= 0.3 is 0 Å². The number of hydrogen-bond acceptors (Lipinski definition) is 1. The monoisotopic (exact) mass is 333 g/mol. The predicted molar refractivity (Wildman–Crippen MR) is 69.1 cm³/mol. The SMILES string of the molecule is CCCN(C)C(=O)c1ccc(Br)cc1Br. The quantitative estimate of drug-likeness (QED) is 0.825. The summed E-state index contributed by atoms with van der Waals surface area (Å²) < 4.78 is 1.79. The first-order valence-corrected chi connectivity index (χ1v) is 6.35. The Kier molecular flexibility index (Phi) is 4.80. The van der Waals surface area contributed by atoms with E-state index >= 15 is 0 Å². The molecule has 0 aliphatic carbocycles. The summed E-state index contributed by atoms with van der Waals surface area (Å²) >= 11 is 6.75. The molecule has 1 rings (SSSR count). The van der Waals surface area contributed by atoms with E-state index < -0.39 is 0 Å². The van der Waals surface area contributed by atoms with Crippen LogP contribution in [-0.4, -0.2) is 24.4 Å². The Morgan fingerprint density at radius 2 is 2.07 bits per heavy atom. The number of benzene rings is 1. The smallest absolute Gasteiger partial charge is 0.254 e. The van der Waals surface area contributed by atoms with Crippen LogP contribution in [0.1, 0.15) is 23.7 Å². The highest BCUT2D eigenvalue weighted by molar-refractivity contribution is 9.11.